The monoisotopic (exact) mass is 242 g/mol. The molecule has 0 amide bonds. The first kappa shape index (κ1) is 11.8. The van der Waals surface area contributed by atoms with Crippen molar-refractivity contribution < 1.29 is 4.39 Å². The SMILES string of the molecule is C[C@H]1CN(Cc2ccc(F)cc2Cl)CCN1. The number of hydrogen-bond donors (Lipinski definition) is 1. The van der Waals surface area contributed by atoms with Gasteiger partial charge in [-0.1, -0.05) is 17.7 Å². The highest BCUT2D eigenvalue weighted by atomic mass is 35.5. The molecule has 2 nitrogen and oxygen atoms in total. The number of rotatable bonds is 2. The van der Waals surface area contributed by atoms with Gasteiger partial charge in [0.15, 0.2) is 0 Å². The van der Waals surface area contributed by atoms with Crippen molar-refractivity contribution >= 4 is 11.6 Å². The molecule has 1 N–H and O–H groups in total. The standard InChI is InChI=1S/C12H16ClFN2/c1-9-7-16(5-4-15-9)8-10-2-3-11(14)6-12(10)13/h2-3,6,9,15H,4-5,7-8H2,1H3/t9-/m0/s1. The quantitative estimate of drug-likeness (QED) is 0.856. The summed E-state index contributed by atoms with van der Waals surface area (Å²) in [5, 5.41) is 3.91. The van der Waals surface area contributed by atoms with Crippen LogP contribution >= 0.6 is 11.6 Å². The highest BCUT2D eigenvalue weighted by molar-refractivity contribution is 6.31. The van der Waals surface area contributed by atoms with E-state index in [-0.39, 0.29) is 5.82 Å². The number of hydrogen-bond acceptors (Lipinski definition) is 2. The second kappa shape index (κ2) is 5.13. The molecule has 1 aliphatic rings. The van der Waals surface area contributed by atoms with Crippen molar-refractivity contribution in [1.82, 2.24) is 10.2 Å². The maximum atomic E-state index is 12.9. The first-order valence-electron chi connectivity index (χ1n) is 5.55. The Morgan fingerprint density at radius 1 is 1.56 bits per heavy atom. The van der Waals surface area contributed by atoms with Crippen molar-refractivity contribution in [3.8, 4) is 0 Å². The van der Waals surface area contributed by atoms with Crippen LogP contribution < -0.4 is 5.32 Å². The maximum Gasteiger partial charge on any atom is 0.124 e. The zero-order chi connectivity index (χ0) is 11.5. The molecule has 0 unspecified atom stereocenters. The van der Waals surface area contributed by atoms with Crippen molar-refractivity contribution in [2.75, 3.05) is 19.6 Å². The normalized spacial score (nSPS) is 22.3. The van der Waals surface area contributed by atoms with Gasteiger partial charge in [0.2, 0.25) is 0 Å². The summed E-state index contributed by atoms with van der Waals surface area (Å²) in [6, 6.07) is 5.12. The van der Waals surface area contributed by atoms with E-state index in [1.807, 2.05) is 0 Å². The van der Waals surface area contributed by atoms with Gasteiger partial charge in [-0.25, -0.2) is 4.39 Å². The van der Waals surface area contributed by atoms with Crippen LogP contribution in [0.25, 0.3) is 0 Å². The molecule has 1 aliphatic heterocycles. The molecule has 1 fully saturated rings. The van der Waals surface area contributed by atoms with Gasteiger partial charge in [0.1, 0.15) is 5.82 Å². The summed E-state index contributed by atoms with van der Waals surface area (Å²) in [5.41, 5.74) is 0.997. The Kier molecular flexibility index (Phi) is 3.79. The Balaban J connectivity index is 2.02. The molecule has 16 heavy (non-hydrogen) atoms. The third kappa shape index (κ3) is 2.94. The summed E-state index contributed by atoms with van der Waals surface area (Å²) in [6.45, 7) is 5.98. The van der Waals surface area contributed by atoms with Gasteiger partial charge in [0.05, 0.1) is 0 Å². The molecule has 1 saturated heterocycles. The molecule has 88 valence electrons. The molecule has 4 heteroatoms. The zero-order valence-corrected chi connectivity index (χ0v) is 10.1. The Bertz CT molecular complexity index is 370. The Hall–Kier alpha value is -0.640. The van der Waals surface area contributed by atoms with Crippen LogP contribution in [-0.2, 0) is 6.54 Å². The van der Waals surface area contributed by atoms with Gasteiger partial charge >= 0.3 is 0 Å². The van der Waals surface area contributed by atoms with Gasteiger partial charge in [-0.15, -0.1) is 0 Å². The van der Waals surface area contributed by atoms with Crippen LogP contribution in [0.3, 0.4) is 0 Å². The van der Waals surface area contributed by atoms with Crippen LogP contribution in [0.15, 0.2) is 18.2 Å². The van der Waals surface area contributed by atoms with Crippen LogP contribution in [-0.4, -0.2) is 30.6 Å². The lowest BCUT2D eigenvalue weighted by Gasteiger charge is -2.32. The Morgan fingerprint density at radius 3 is 3.06 bits per heavy atom. The van der Waals surface area contributed by atoms with E-state index < -0.39 is 0 Å². The minimum absolute atomic E-state index is 0.276. The lowest BCUT2D eigenvalue weighted by Crippen LogP contribution is -2.48. The number of nitrogens with zero attached hydrogens (tertiary/aromatic N) is 1. The Morgan fingerprint density at radius 2 is 2.38 bits per heavy atom. The van der Waals surface area contributed by atoms with E-state index in [1.54, 1.807) is 6.07 Å². The molecule has 0 spiro atoms. The third-order valence-electron chi connectivity index (χ3n) is 2.86. The van der Waals surface area contributed by atoms with E-state index in [1.165, 1.54) is 12.1 Å². The largest absolute Gasteiger partial charge is 0.312 e. The number of halogens is 2. The van der Waals surface area contributed by atoms with E-state index in [2.05, 4.69) is 17.1 Å². The van der Waals surface area contributed by atoms with Crippen LogP contribution in [0.2, 0.25) is 5.02 Å². The van der Waals surface area contributed by atoms with E-state index in [0.29, 0.717) is 11.1 Å². The molecule has 1 heterocycles. The molecule has 1 aromatic rings. The lowest BCUT2D eigenvalue weighted by atomic mass is 10.1. The van der Waals surface area contributed by atoms with E-state index in [9.17, 15) is 4.39 Å². The summed E-state index contributed by atoms with van der Waals surface area (Å²) in [6.07, 6.45) is 0. The average molecular weight is 243 g/mol. The average Bonchev–Trinajstić information content (AvgIpc) is 2.22. The van der Waals surface area contributed by atoms with E-state index in [4.69, 9.17) is 11.6 Å². The highest BCUT2D eigenvalue weighted by Gasteiger charge is 2.16. The fourth-order valence-electron chi connectivity index (χ4n) is 2.05. The van der Waals surface area contributed by atoms with Gasteiger partial charge in [-0.05, 0) is 24.6 Å². The number of nitrogens with one attached hydrogen (secondary N) is 1. The van der Waals surface area contributed by atoms with Crippen molar-refractivity contribution in [2.24, 2.45) is 0 Å². The smallest absolute Gasteiger partial charge is 0.124 e. The Labute approximate surface area is 100 Å². The minimum Gasteiger partial charge on any atom is -0.312 e. The zero-order valence-electron chi connectivity index (χ0n) is 9.34. The van der Waals surface area contributed by atoms with E-state index >= 15 is 0 Å². The van der Waals surface area contributed by atoms with Gasteiger partial charge < -0.3 is 5.32 Å². The molecule has 0 aliphatic carbocycles. The second-order valence-corrected chi connectivity index (χ2v) is 4.73. The van der Waals surface area contributed by atoms with Crippen LogP contribution in [0, 0.1) is 5.82 Å². The molecule has 0 bridgehead atoms. The van der Waals surface area contributed by atoms with Crippen molar-refractivity contribution in [3.63, 3.8) is 0 Å². The topological polar surface area (TPSA) is 15.3 Å². The predicted molar refractivity (Wildman–Crippen MR) is 64.2 cm³/mol. The lowest BCUT2D eigenvalue weighted by molar-refractivity contribution is 0.199. The van der Waals surface area contributed by atoms with Gasteiger partial charge in [0, 0.05) is 37.2 Å². The van der Waals surface area contributed by atoms with Crippen molar-refractivity contribution in [2.45, 2.75) is 19.5 Å². The highest BCUT2D eigenvalue weighted by Crippen LogP contribution is 2.19. The van der Waals surface area contributed by atoms with Crippen molar-refractivity contribution in [3.05, 3.63) is 34.6 Å². The summed E-state index contributed by atoms with van der Waals surface area (Å²) in [4.78, 5) is 2.33. The van der Waals surface area contributed by atoms with Gasteiger partial charge in [0.25, 0.3) is 0 Å². The fourth-order valence-corrected chi connectivity index (χ4v) is 2.27. The first-order chi connectivity index (χ1) is 7.65. The molecule has 2 rings (SSSR count). The summed E-state index contributed by atoms with van der Waals surface area (Å²) >= 11 is 6.00. The summed E-state index contributed by atoms with van der Waals surface area (Å²) < 4.78 is 12.9. The van der Waals surface area contributed by atoms with Crippen LogP contribution in [0.1, 0.15) is 12.5 Å². The molecule has 1 aromatic carbocycles. The first-order valence-corrected chi connectivity index (χ1v) is 5.92. The second-order valence-electron chi connectivity index (χ2n) is 4.33. The third-order valence-corrected chi connectivity index (χ3v) is 3.21. The number of benzene rings is 1. The molecule has 0 saturated carbocycles. The molecule has 1 atom stereocenters. The van der Waals surface area contributed by atoms with Crippen molar-refractivity contribution in [1.29, 1.82) is 0 Å². The molecule has 0 aromatic heterocycles. The van der Waals surface area contributed by atoms with E-state index in [0.717, 1.165) is 31.7 Å². The number of piperazine rings is 1. The van der Waals surface area contributed by atoms with Gasteiger partial charge in [-0.3, -0.25) is 4.90 Å². The van der Waals surface area contributed by atoms with Crippen LogP contribution in [0.4, 0.5) is 4.39 Å². The van der Waals surface area contributed by atoms with Crippen LogP contribution in [0.5, 0.6) is 0 Å². The molecular formula is C12H16ClFN2. The maximum absolute atomic E-state index is 12.9. The van der Waals surface area contributed by atoms with Gasteiger partial charge in [-0.2, -0.15) is 0 Å². The molecular weight excluding hydrogens is 227 g/mol. The molecule has 0 radical (unpaired) electrons. The fraction of sp³-hybridized carbons (Fsp3) is 0.500. The predicted octanol–water partition coefficient (Wildman–Crippen LogP) is 2.27. The summed E-state index contributed by atoms with van der Waals surface area (Å²) in [7, 11) is 0. The minimum atomic E-state index is -0.276. The summed E-state index contributed by atoms with van der Waals surface area (Å²) in [5.74, 6) is -0.276.